The van der Waals surface area contributed by atoms with Gasteiger partial charge in [-0.05, 0) is 50.4 Å². The summed E-state index contributed by atoms with van der Waals surface area (Å²) in [6.07, 6.45) is -1.66. The monoisotopic (exact) mass is 424 g/mol. The van der Waals surface area contributed by atoms with E-state index in [-0.39, 0.29) is 16.2 Å². The molecule has 1 aromatic rings. The smallest absolute Gasteiger partial charge is 0.384 e. The molecule has 0 bridgehead atoms. The molecule has 0 saturated carbocycles. The van der Waals surface area contributed by atoms with Gasteiger partial charge in [0.2, 0.25) is 5.60 Å². The van der Waals surface area contributed by atoms with Crippen molar-refractivity contribution in [3.05, 3.63) is 35.4 Å². The molecule has 0 aliphatic heterocycles. The zero-order valence-corrected chi connectivity index (χ0v) is 19.3. The molecular formula is C22H30F2O4Si. The largest absolute Gasteiger partial charge is 0.450 e. The Hall–Kier alpha value is -1.75. The third-order valence-electron chi connectivity index (χ3n) is 5.41. The SMILES string of the molecule is CC(C)(C)OC(=O)C#C[C@@]1(O)c2ccccc2[C@@H](O[Si](C)(C)C(C)(C)C)C1(F)F. The number of aliphatic hydroxyl groups is 1. The summed E-state index contributed by atoms with van der Waals surface area (Å²) < 4.78 is 42.2. The van der Waals surface area contributed by atoms with Crippen LogP contribution in [0.15, 0.2) is 24.3 Å². The number of alkyl halides is 2. The molecule has 1 N–H and O–H groups in total. The Morgan fingerprint density at radius 3 is 2.21 bits per heavy atom. The number of carbonyl (C=O) groups is 1. The summed E-state index contributed by atoms with van der Waals surface area (Å²) in [5.74, 6) is -0.583. The van der Waals surface area contributed by atoms with Crippen LogP contribution in [0.25, 0.3) is 0 Å². The molecule has 29 heavy (non-hydrogen) atoms. The molecule has 160 valence electrons. The Labute approximate surface area is 172 Å². The fourth-order valence-corrected chi connectivity index (χ4v) is 4.04. The maximum Gasteiger partial charge on any atom is 0.384 e. The van der Waals surface area contributed by atoms with Crippen LogP contribution in [0, 0.1) is 11.8 Å². The van der Waals surface area contributed by atoms with Crippen LogP contribution in [-0.2, 0) is 19.6 Å². The summed E-state index contributed by atoms with van der Waals surface area (Å²) in [4.78, 5) is 11.9. The van der Waals surface area contributed by atoms with Crippen molar-refractivity contribution in [1.82, 2.24) is 0 Å². The van der Waals surface area contributed by atoms with Crippen molar-refractivity contribution >= 4 is 14.3 Å². The Morgan fingerprint density at radius 2 is 1.69 bits per heavy atom. The van der Waals surface area contributed by atoms with Crippen molar-refractivity contribution in [2.24, 2.45) is 0 Å². The molecular weight excluding hydrogens is 394 g/mol. The minimum Gasteiger partial charge on any atom is -0.450 e. The second-order valence-corrected chi connectivity index (χ2v) is 14.7. The molecule has 0 saturated heterocycles. The number of halogens is 2. The molecule has 1 aliphatic rings. The van der Waals surface area contributed by atoms with E-state index in [0.717, 1.165) is 0 Å². The molecule has 2 atom stereocenters. The number of fused-ring (bicyclic) bond motifs is 1. The van der Waals surface area contributed by atoms with Crippen LogP contribution in [0.2, 0.25) is 18.1 Å². The van der Waals surface area contributed by atoms with Crippen molar-refractivity contribution in [3.8, 4) is 11.8 Å². The second kappa shape index (κ2) is 7.19. The number of benzene rings is 1. The van der Waals surface area contributed by atoms with Crippen molar-refractivity contribution in [2.45, 2.75) is 82.9 Å². The highest BCUT2D eigenvalue weighted by atomic mass is 28.4. The first-order valence-electron chi connectivity index (χ1n) is 9.56. The van der Waals surface area contributed by atoms with Crippen LogP contribution in [0.4, 0.5) is 8.78 Å². The molecule has 1 aliphatic carbocycles. The summed E-state index contributed by atoms with van der Waals surface area (Å²) in [5.41, 5.74) is -3.54. The maximum atomic E-state index is 15.5. The third kappa shape index (κ3) is 4.40. The first-order valence-corrected chi connectivity index (χ1v) is 12.5. The zero-order valence-electron chi connectivity index (χ0n) is 18.3. The summed E-state index contributed by atoms with van der Waals surface area (Å²) in [5, 5.41) is 10.7. The second-order valence-electron chi connectivity index (χ2n) is 9.93. The zero-order chi connectivity index (χ0) is 22.5. The van der Waals surface area contributed by atoms with E-state index in [9.17, 15) is 9.90 Å². The van der Waals surface area contributed by atoms with Crippen LogP contribution < -0.4 is 0 Å². The topological polar surface area (TPSA) is 55.8 Å². The van der Waals surface area contributed by atoms with Crippen molar-refractivity contribution in [2.75, 3.05) is 0 Å². The first-order chi connectivity index (χ1) is 12.9. The van der Waals surface area contributed by atoms with E-state index < -0.39 is 37.5 Å². The number of ether oxygens (including phenoxy) is 1. The van der Waals surface area contributed by atoms with Gasteiger partial charge in [-0.15, -0.1) is 0 Å². The highest BCUT2D eigenvalue weighted by Gasteiger charge is 2.67. The summed E-state index contributed by atoms with van der Waals surface area (Å²) >= 11 is 0. The van der Waals surface area contributed by atoms with E-state index in [0.29, 0.717) is 0 Å². The van der Waals surface area contributed by atoms with Gasteiger partial charge in [-0.2, -0.15) is 8.78 Å². The van der Waals surface area contributed by atoms with E-state index in [1.807, 2.05) is 39.8 Å². The molecule has 4 nitrogen and oxygen atoms in total. The van der Waals surface area contributed by atoms with Gasteiger partial charge in [-0.1, -0.05) is 45.0 Å². The lowest BCUT2D eigenvalue weighted by Crippen LogP contribution is -2.49. The van der Waals surface area contributed by atoms with Gasteiger partial charge in [0.15, 0.2) is 8.32 Å². The molecule has 0 fully saturated rings. The van der Waals surface area contributed by atoms with Crippen LogP contribution in [0.5, 0.6) is 0 Å². The minimum atomic E-state index is -3.75. The fraction of sp³-hybridized carbons (Fsp3) is 0.591. The molecule has 7 heteroatoms. The number of hydrogen-bond donors (Lipinski definition) is 1. The third-order valence-corrected chi connectivity index (χ3v) is 9.85. The van der Waals surface area contributed by atoms with E-state index in [1.54, 1.807) is 32.9 Å². The molecule has 0 amide bonds. The lowest BCUT2D eigenvalue weighted by molar-refractivity contribution is -0.193. The van der Waals surface area contributed by atoms with Gasteiger partial charge < -0.3 is 14.3 Å². The van der Waals surface area contributed by atoms with Gasteiger partial charge in [0.25, 0.3) is 0 Å². The van der Waals surface area contributed by atoms with Crippen molar-refractivity contribution < 1.29 is 27.8 Å². The standard InChI is InChI=1S/C22H30F2O4Si/c1-19(2,3)27-17(25)13-14-21(26)16-12-10-9-11-15(16)18(22(21,23)24)28-29(7,8)20(4,5)6/h9-12,18,26H,1-8H3/t18-,21-/m1/s1. The number of hydrogen-bond acceptors (Lipinski definition) is 4. The maximum absolute atomic E-state index is 15.5. The van der Waals surface area contributed by atoms with Gasteiger partial charge >= 0.3 is 11.9 Å². The Kier molecular flexibility index (Phi) is 5.83. The molecule has 0 aromatic heterocycles. The predicted octanol–water partition coefficient (Wildman–Crippen LogP) is 4.93. The Morgan fingerprint density at radius 1 is 1.14 bits per heavy atom. The van der Waals surface area contributed by atoms with Crippen LogP contribution in [-0.4, -0.2) is 30.9 Å². The molecule has 0 unspecified atom stereocenters. The fourth-order valence-electron chi connectivity index (χ4n) is 2.82. The Balaban J connectivity index is 2.53. The summed E-state index contributed by atoms with van der Waals surface area (Å²) in [6, 6.07) is 6.06. The average Bonchev–Trinajstić information content (AvgIpc) is 2.69. The van der Waals surface area contributed by atoms with Crippen LogP contribution >= 0.6 is 0 Å². The van der Waals surface area contributed by atoms with Crippen molar-refractivity contribution in [1.29, 1.82) is 0 Å². The van der Waals surface area contributed by atoms with Crippen LogP contribution in [0.1, 0.15) is 58.8 Å². The molecule has 0 radical (unpaired) electrons. The number of carbonyl (C=O) groups excluding carboxylic acids is 1. The Bertz CT molecular complexity index is 856. The number of rotatable bonds is 2. The van der Waals surface area contributed by atoms with Crippen molar-refractivity contribution in [3.63, 3.8) is 0 Å². The van der Waals surface area contributed by atoms with Gasteiger partial charge in [-0.25, -0.2) is 4.79 Å². The number of esters is 1. The van der Waals surface area contributed by atoms with E-state index in [2.05, 4.69) is 5.92 Å². The van der Waals surface area contributed by atoms with Gasteiger partial charge in [0.05, 0.1) is 0 Å². The minimum absolute atomic E-state index is 0.0511. The van der Waals surface area contributed by atoms with Crippen LogP contribution in [0.3, 0.4) is 0 Å². The van der Waals surface area contributed by atoms with E-state index >= 15 is 8.78 Å². The van der Waals surface area contributed by atoms with E-state index in [1.165, 1.54) is 12.1 Å². The molecule has 0 heterocycles. The molecule has 1 aromatic carbocycles. The van der Waals surface area contributed by atoms with Gasteiger partial charge in [-0.3, -0.25) is 0 Å². The van der Waals surface area contributed by atoms with Gasteiger partial charge in [0.1, 0.15) is 11.7 Å². The van der Waals surface area contributed by atoms with E-state index in [4.69, 9.17) is 9.16 Å². The molecule has 2 rings (SSSR count). The quantitative estimate of drug-likeness (QED) is 0.317. The highest BCUT2D eigenvalue weighted by Crippen LogP contribution is 2.57. The summed E-state index contributed by atoms with van der Waals surface area (Å²) in [7, 11) is -2.60. The molecule has 0 spiro atoms. The average molecular weight is 425 g/mol. The normalized spacial score (nSPS) is 23.8. The lowest BCUT2D eigenvalue weighted by Gasteiger charge is -2.40. The summed E-state index contributed by atoms with van der Waals surface area (Å²) in [6.45, 7) is 14.5. The predicted molar refractivity (Wildman–Crippen MR) is 110 cm³/mol. The lowest BCUT2D eigenvalue weighted by atomic mass is 9.94. The highest BCUT2D eigenvalue weighted by molar-refractivity contribution is 6.74. The van der Waals surface area contributed by atoms with Gasteiger partial charge in [0, 0.05) is 11.5 Å². The first kappa shape index (κ1) is 23.5.